The van der Waals surface area contributed by atoms with Crippen molar-refractivity contribution in [2.24, 2.45) is 0 Å². The molecule has 5 nitrogen and oxygen atoms in total. The van der Waals surface area contributed by atoms with Gasteiger partial charge in [-0.25, -0.2) is 4.79 Å². The van der Waals surface area contributed by atoms with Gasteiger partial charge in [0.2, 0.25) is 5.43 Å². The minimum Gasteiger partial charge on any atom is -0.482 e. The van der Waals surface area contributed by atoms with E-state index >= 15 is 0 Å². The smallest absolute Gasteiger partial charge is 0.344 e. The highest BCUT2D eigenvalue weighted by Gasteiger charge is 2.13. The first-order valence-electron chi connectivity index (χ1n) is 8.62. The summed E-state index contributed by atoms with van der Waals surface area (Å²) in [7, 11) is 0. The third kappa shape index (κ3) is 4.31. The second kappa shape index (κ2) is 8.27. The molecule has 6 heteroatoms. The van der Waals surface area contributed by atoms with Crippen molar-refractivity contribution in [1.82, 2.24) is 0 Å². The average Bonchev–Trinajstić information content (AvgIpc) is 2.67. The monoisotopic (exact) mass is 386 g/mol. The fourth-order valence-electron chi connectivity index (χ4n) is 2.55. The fraction of sp³-hybridized carbons (Fsp3) is 0.238. The Labute approximate surface area is 161 Å². The van der Waals surface area contributed by atoms with Gasteiger partial charge in [0.15, 0.2) is 6.61 Å². The quantitative estimate of drug-likeness (QED) is 0.567. The second-order valence-electron chi connectivity index (χ2n) is 6.11. The Morgan fingerprint density at radius 2 is 1.96 bits per heavy atom. The molecular formula is C21H19ClO5. The van der Waals surface area contributed by atoms with Crippen LogP contribution in [-0.4, -0.2) is 18.7 Å². The van der Waals surface area contributed by atoms with Gasteiger partial charge in [-0.3, -0.25) is 4.79 Å². The zero-order valence-electron chi connectivity index (χ0n) is 15.0. The number of carbonyl (C=O) groups is 1. The molecule has 0 spiro atoms. The molecule has 0 aliphatic rings. The van der Waals surface area contributed by atoms with Crippen molar-refractivity contribution in [3.63, 3.8) is 0 Å². The third-order valence-corrected chi connectivity index (χ3v) is 4.50. The summed E-state index contributed by atoms with van der Waals surface area (Å²) >= 11 is 6.18. The van der Waals surface area contributed by atoms with Crippen LogP contribution in [0.2, 0.25) is 5.02 Å². The van der Waals surface area contributed by atoms with Gasteiger partial charge in [-0.1, -0.05) is 36.7 Å². The minimum absolute atomic E-state index is 0.154. The molecule has 3 aromatic rings. The van der Waals surface area contributed by atoms with Crippen LogP contribution in [0.4, 0.5) is 0 Å². The molecular weight excluding hydrogens is 368 g/mol. The Kier molecular flexibility index (Phi) is 5.81. The molecule has 0 fully saturated rings. The van der Waals surface area contributed by atoms with E-state index in [9.17, 15) is 9.59 Å². The minimum atomic E-state index is -0.444. The molecule has 1 atom stereocenters. The van der Waals surface area contributed by atoms with Gasteiger partial charge in [0.1, 0.15) is 17.6 Å². The zero-order valence-corrected chi connectivity index (χ0v) is 15.8. The molecule has 0 bridgehead atoms. The first-order chi connectivity index (χ1) is 13.0. The summed E-state index contributed by atoms with van der Waals surface area (Å²) in [6.07, 6.45) is 1.96. The van der Waals surface area contributed by atoms with Gasteiger partial charge < -0.3 is 13.9 Å². The summed E-state index contributed by atoms with van der Waals surface area (Å²) in [4.78, 5) is 24.5. The first-order valence-corrected chi connectivity index (χ1v) is 9.00. The summed E-state index contributed by atoms with van der Waals surface area (Å²) in [5.74, 6) is -0.0304. The lowest BCUT2D eigenvalue weighted by Crippen LogP contribution is -2.20. The number of rotatable bonds is 6. The van der Waals surface area contributed by atoms with E-state index in [0.29, 0.717) is 32.9 Å². The van der Waals surface area contributed by atoms with E-state index < -0.39 is 5.97 Å². The largest absolute Gasteiger partial charge is 0.482 e. The van der Waals surface area contributed by atoms with Crippen LogP contribution in [0.15, 0.2) is 57.9 Å². The molecule has 0 aliphatic carbocycles. The number of hydrogen-bond donors (Lipinski definition) is 0. The summed E-state index contributed by atoms with van der Waals surface area (Å²) < 4.78 is 16.2. The van der Waals surface area contributed by atoms with Crippen LogP contribution >= 0.6 is 11.6 Å². The van der Waals surface area contributed by atoms with Gasteiger partial charge in [-0.05, 0) is 31.5 Å². The molecule has 0 unspecified atom stereocenters. The lowest BCUT2D eigenvalue weighted by molar-refractivity contribution is -0.150. The maximum absolute atomic E-state index is 12.8. The van der Waals surface area contributed by atoms with Crippen molar-refractivity contribution in [2.45, 2.75) is 26.4 Å². The summed E-state index contributed by atoms with van der Waals surface area (Å²) in [6.45, 7) is 3.54. The van der Waals surface area contributed by atoms with Gasteiger partial charge >= 0.3 is 5.97 Å². The Morgan fingerprint density at radius 3 is 2.70 bits per heavy atom. The van der Waals surface area contributed by atoms with Gasteiger partial charge in [0, 0.05) is 16.7 Å². The maximum atomic E-state index is 12.8. The normalized spacial score (nSPS) is 12.0. The van der Waals surface area contributed by atoms with E-state index in [1.165, 1.54) is 6.26 Å². The molecule has 0 amide bonds. The van der Waals surface area contributed by atoms with E-state index in [-0.39, 0.29) is 18.1 Å². The molecule has 0 N–H and O–H groups in total. The standard InChI is InChI=1S/C21H19ClO5/c1-3-13(2)27-20(23)12-25-14-8-9-16-19(10-14)26-11-17(21(16)24)15-6-4-5-7-18(15)22/h4-11,13H,3,12H2,1-2H3/t13-/m1/s1. The molecule has 3 rings (SSSR count). The Hall–Kier alpha value is -2.79. The Bertz CT molecular complexity index is 1020. The lowest BCUT2D eigenvalue weighted by Gasteiger charge is -2.11. The number of esters is 1. The molecule has 0 saturated carbocycles. The van der Waals surface area contributed by atoms with Crippen LogP contribution in [0.25, 0.3) is 22.1 Å². The predicted molar refractivity (Wildman–Crippen MR) is 104 cm³/mol. The van der Waals surface area contributed by atoms with E-state index in [0.717, 1.165) is 6.42 Å². The second-order valence-corrected chi connectivity index (χ2v) is 6.52. The Morgan fingerprint density at radius 1 is 1.19 bits per heavy atom. The van der Waals surface area contributed by atoms with Crippen molar-refractivity contribution in [2.75, 3.05) is 6.61 Å². The van der Waals surface area contributed by atoms with Crippen LogP contribution in [0.5, 0.6) is 5.75 Å². The van der Waals surface area contributed by atoms with E-state index in [1.54, 1.807) is 42.5 Å². The van der Waals surface area contributed by atoms with Crippen LogP contribution in [0.3, 0.4) is 0 Å². The molecule has 140 valence electrons. The van der Waals surface area contributed by atoms with Crippen molar-refractivity contribution in [3.05, 3.63) is 64.0 Å². The highest BCUT2D eigenvalue weighted by Crippen LogP contribution is 2.27. The number of carbonyl (C=O) groups excluding carboxylic acids is 1. The van der Waals surface area contributed by atoms with E-state index in [4.69, 9.17) is 25.5 Å². The first kappa shape index (κ1) is 19.0. The van der Waals surface area contributed by atoms with Crippen LogP contribution in [-0.2, 0) is 9.53 Å². The van der Waals surface area contributed by atoms with E-state index in [2.05, 4.69) is 0 Å². The molecule has 1 aromatic heterocycles. The summed E-state index contributed by atoms with van der Waals surface area (Å²) in [6, 6.07) is 11.9. The van der Waals surface area contributed by atoms with Crippen LogP contribution in [0.1, 0.15) is 20.3 Å². The van der Waals surface area contributed by atoms with Crippen LogP contribution in [0, 0.1) is 0 Å². The van der Waals surface area contributed by atoms with Crippen molar-refractivity contribution in [3.8, 4) is 16.9 Å². The summed E-state index contributed by atoms with van der Waals surface area (Å²) in [5, 5.41) is 0.880. The van der Waals surface area contributed by atoms with Crippen LogP contribution < -0.4 is 10.2 Å². The molecule has 27 heavy (non-hydrogen) atoms. The third-order valence-electron chi connectivity index (χ3n) is 4.17. The highest BCUT2D eigenvalue weighted by atomic mass is 35.5. The van der Waals surface area contributed by atoms with Gasteiger partial charge in [-0.15, -0.1) is 0 Å². The lowest BCUT2D eigenvalue weighted by atomic mass is 10.1. The van der Waals surface area contributed by atoms with E-state index in [1.807, 2.05) is 13.8 Å². The topological polar surface area (TPSA) is 65.7 Å². The zero-order chi connectivity index (χ0) is 19.4. The number of hydrogen-bond acceptors (Lipinski definition) is 5. The average molecular weight is 387 g/mol. The van der Waals surface area contributed by atoms with Crippen molar-refractivity contribution in [1.29, 1.82) is 0 Å². The molecule has 2 aromatic carbocycles. The molecule has 0 aliphatic heterocycles. The molecule has 0 saturated heterocycles. The highest BCUT2D eigenvalue weighted by molar-refractivity contribution is 6.33. The van der Waals surface area contributed by atoms with Gasteiger partial charge in [-0.2, -0.15) is 0 Å². The van der Waals surface area contributed by atoms with Crippen molar-refractivity contribution >= 4 is 28.5 Å². The maximum Gasteiger partial charge on any atom is 0.344 e. The molecule has 0 radical (unpaired) electrons. The SMILES string of the molecule is CC[C@@H](C)OC(=O)COc1ccc2c(=O)c(-c3ccccc3Cl)coc2c1. The number of fused-ring (bicyclic) bond motifs is 1. The number of benzene rings is 2. The fourth-order valence-corrected chi connectivity index (χ4v) is 2.79. The predicted octanol–water partition coefficient (Wildman–Crippen LogP) is 4.83. The number of halogens is 1. The molecule has 1 heterocycles. The number of ether oxygens (including phenoxy) is 2. The van der Waals surface area contributed by atoms with Gasteiger partial charge in [0.25, 0.3) is 0 Å². The van der Waals surface area contributed by atoms with Crippen molar-refractivity contribution < 1.29 is 18.7 Å². The summed E-state index contributed by atoms with van der Waals surface area (Å²) in [5.41, 5.74) is 1.18. The Balaban J connectivity index is 1.83. The van der Waals surface area contributed by atoms with Gasteiger partial charge in [0.05, 0.1) is 17.1 Å².